The van der Waals surface area contributed by atoms with Gasteiger partial charge in [-0.25, -0.2) is 10.2 Å². The first-order valence-electron chi connectivity index (χ1n) is 8.85. The zero-order valence-electron chi connectivity index (χ0n) is 15.9. The van der Waals surface area contributed by atoms with Gasteiger partial charge in [-0.2, -0.15) is 0 Å². The third-order valence-corrected chi connectivity index (χ3v) is 3.16. The Kier molecular flexibility index (Phi) is 11.4. The smallest absolute Gasteiger partial charge is 0.407 e. The van der Waals surface area contributed by atoms with Crippen LogP contribution in [0.25, 0.3) is 0 Å². The number of carbonyl (C=O) groups excluding carboxylic acids is 2. The van der Waals surface area contributed by atoms with Crippen molar-refractivity contribution < 1.29 is 14.3 Å². The largest absolute Gasteiger partial charge is 0.444 e. The minimum absolute atomic E-state index is 0.0485. The van der Waals surface area contributed by atoms with Crippen LogP contribution in [0.1, 0.15) is 66.7 Å². The van der Waals surface area contributed by atoms with Gasteiger partial charge in [0.2, 0.25) is 5.91 Å². The lowest BCUT2D eigenvalue weighted by molar-refractivity contribution is -0.122. The first-order chi connectivity index (χ1) is 11.1. The molecule has 0 aliphatic heterocycles. The van der Waals surface area contributed by atoms with Crippen molar-refractivity contribution in [1.29, 1.82) is 0 Å². The molecule has 0 bridgehead atoms. The lowest BCUT2D eigenvalue weighted by Gasteiger charge is -2.25. The zero-order valence-corrected chi connectivity index (χ0v) is 15.9. The van der Waals surface area contributed by atoms with Gasteiger partial charge in [-0.15, -0.1) is 0 Å². The molecule has 7 heteroatoms. The van der Waals surface area contributed by atoms with E-state index in [1.165, 1.54) is 0 Å². The summed E-state index contributed by atoms with van der Waals surface area (Å²) in [6.45, 7) is 10.8. The molecule has 1 unspecified atom stereocenters. The Labute approximate surface area is 146 Å². The Bertz CT molecular complexity index is 367. The van der Waals surface area contributed by atoms with Crippen molar-refractivity contribution in [3.05, 3.63) is 0 Å². The monoisotopic (exact) mass is 344 g/mol. The maximum absolute atomic E-state index is 11.9. The molecular weight excluding hydrogens is 308 g/mol. The minimum Gasteiger partial charge on any atom is -0.444 e. The van der Waals surface area contributed by atoms with Crippen LogP contribution in [-0.2, 0) is 9.53 Å². The van der Waals surface area contributed by atoms with Crippen LogP contribution in [0.15, 0.2) is 0 Å². The van der Waals surface area contributed by atoms with Crippen LogP contribution in [0, 0.1) is 5.92 Å². The second-order valence-electron chi connectivity index (χ2n) is 7.50. The normalized spacial score (nSPS) is 12.8. The van der Waals surface area contributed by atoms with Gasteiger partial charge in [-0.05, 0) is 52.5 Å². The summed E-state index contributed by atoms with van der Waals surface area (Å²) >= 11 is 0. The molecule has 1 atom stereocenters. The van der Waals surface area contributed by atoms with Gasteiger partial charge in [0.15, 0.2) is 0 Å². The lowest BCUT2D eigenvalue weighted by atomic mass is 10.0. The number of carbonyl (C=O) groups is 2. The van der Waals surface area contributed by atoms with E-state index in [2.05, 4.69) is 30.0 Å². The van der Waals surface area contributed by atoms with Gasteiger partial charge in [0, 0.05) is 19.0 Å². The van der Waals surface area contributed by atoms with Crippen molar-refractivity contribution in [1.82, 2.24) is 16.2 Å². The Morgan fingerprint density at radius 1 is 1.12 bits per heavy atom. The third kappa shape index (κ3) is 14.3. The molecule has 0 saturated heterocycles. The molecule has 0 aliphatic rings. The van der Waals surface area contributed by atoms with Crippen LogP contribution in [0.5, 0.6) is 0 Å². The van der Waals surface area contributed by atoms with E-state index in [4.69, 9.17) is 10.5 Å². The molecule has 0 aliphatic carbocycles. The molecule has 0 fully saturated rings. The second kappa shape index (κ2) is 12.1. The fraction of sp³-hybridized carbons (Fsp3) is 0.882. The van der Waals surface area contributed by atoms with Crippen molar-refractivity contribution >= 4 is 12.0 Å². The number of ether oxygens (including phenoxy) is 1. The van der Waals surface area contributed by atoms with Gasteiger partial charge < -0.3 is 15.8 Å². The van der Waals surface area contributed by atoms with Crippen molar-refractivity contribution in [3.63, 3.8) is 0 Å². The van der Waals surface area contributed by atoms with Gasteiger partial charge in [0.1, 0.15) is 5.60 Å². The summed E-state index contributed by atoms with van der Waals surface area (Å²) < 4.78 is 5.28. The first-order valence-corrected chi connectivity index (χ1v) is 8.85. The molecule has 7 nitrogen and oxygen atoms in total. The molecule has 0 radical (unpaired) electrons. The molecule has 0 saturated carbocycles. The Hall–Kier alpha value is -1.34. The number of nitrogens with two attached hydrogens (primary N) is 1. The molecule has 0 rings (SSSR count). The van der Waals surface area contributed by atoms with Gasteiger partial charge >= 0.3 is 6.09 Å². The molecule has 0 spiro atoms. The summed E-state index contributed by atoms with van der Waals surface area (Å²) in [5, 5.41) is 2.85. The topological polar surface area (TPSA) is 105 Å². The van der Waals surface area contributed by atoms with E-state index in [9.17, 15) is 9.59 Å². The Morgan fingerprint density at radius 3 is 2.33 bits per heavy atom. The van der Waals surface area contributed by atoms with E-state index in [1.54, 1.807) is 0 Å². The maximum Gasteiger partial charge on any atom is 0.407 e. The molecule has 0 aromatic rings. The highest BCUT2D eigenvalue weighted by atomic mass is 16.6. The van der Waals surface area contributed by atoms with Crippen LogP contribution in [0.4, 0.5) is 4.79 Å². The summed E-state index contributed by atoms with van der Waals surface area (Å²) in [5.41, 5.74) is 10.5. The van der Waals surface area contributed by atoms with Crippen LogP contribution in [0.2, 0.25) is 0 Å². The molecule has 0 aromatic heterocycles. The predicted octanol–water partition coefficient (Wildman–Crippen LogP) is 2.07. The summed E-state index contributed by atoms with van der Waals surface area (Å²) in [5.74, 6) is 0.367. The van der Waals surface area contributed by atoms with E-state index in [-0.39, 0.29) is 11.9 Å². The third-order valence-electron chi connectivity index (χ3n) is 3.16. The SMILES string of the molecule is CC(C)CC(CNNC(=O)CCCCCN)NC(=O)OC(C)(C)C. The van der Waals surface area contributed by atoms with E-state index in [0.717, 1.165) is 25.7 Å². The summed E-state index contributed by atoms with van der Waals surface area (Å²) in [4.78, 5) is 23.6. The molecule has 142 valence electrons. The average Bonchev–Trinajstić information content (AvgIpc) is 2.40. The lowest BCUT2D eigenvalue weighted by Crippen LogP contribution is -2.49. The van der Waals surface area contributed by atoms with E-state index in [0.29, 0.717) is 25.4 Å². The van der Waals surface area contributed by atoms with Crippen molar-refractivity contribution in [2.75, 3.05) is 13.1 Å². The van der Waals surface area contributed by atoms with E-state index >= 15 is 0 Å². The van der Waals surface area contributed by atoms with Crippen LogP contribution in [0.3, 0.4) is 0 Å². The molecule has 5 N–H and O–H groups in total. The predicted molar refractivity (Wildman–Crippen MR) is 96.3 cm³/mol. The second-order valence-corrected chi connectivity index (χ2v) is 7.50. The average molecular weight is 345 g/mol. The molecular formula is C17H36N4O3. The van der Waals surface area contributed by atoms with Gasteiger partial charge in [0.25, 0.3) is 0 Å². The number of hydrogen-bond acceptors (Lipinski definition) is 5. The number of nitrogens with one attached hydrogen (secondary N) is 3. The number of amides is 2. The van der Waals surface area contributed by atoms with Crippen LogP contribution in [-0.4, -0.2) is 36.7 Å². The number of alkyl carbamates (subject to hydrolysis) is 1. The van der Waals surface area contributed by atoms with Crippen LogP contribution >= 0.6 is 0 Å². The minimum atomic E-state index is -0.530. The molecule has 0 heterocycles. The quantitative estimate of drug-likeness (QED) is 0.339. The van der Waals surface area contributed by atoms with Gasteiger partial charge in [-0.3, -0.25) is 10.2 Å². The van der Waals surface area contributed by atoms with Crippen molar-refractivity contribution in [2.45, 2.75) is 78.4 Å². The first kappa shape index (κ1) is 22.7. The molecule has 0 aromatic carbocycles. The van der Waals surface area contributed by atoms with Crippen LogP contribution < -0.4 is 21.9 Å². The van der Waals surface area contributed by atoms with E-state index < -0.39 is 11.7 Å². The summed E-state index contributed by atoms with van der Waals surface area (Å²) in [6, 6.07) is -0.114. The van der Waals surface area contributed by atoms with Crippen molar-refractivity contribution in [3.8, 4) is 0 Å². The Morgan fingerprint density at radius 2 is 1.79 bits per heavy atom. The molecule has 2 amide bonds. The Balaban J connectivity index is 4.15. The van der Waals surface area contributed by atoms with Gasteiger partial charge in [0.05, 0.1) is 0 Å². The fourth-order valence-electron chi connectivity index (χ4n) is 2.18. The number of unbranched alkanes of at least 4 members (excludes halogenated alkanes) is 2. The standard InChI is InChI=1S/C17H36N4O3/c1-13(2)11-14(20-16(23)24-17(3,4)5)12-19-21-15(22)9-7-6-8-10-18/h13-14,19H,6-12,18H2,1-5H3,(H,20,23)(H,21,22). The zero-order chi connectivity index (χ0) is 18.6. The number of hydrogen-bond donors (Lipinski definition) is 4. The highest BCUT2D eigenvalue weighted by Gasteiger charge is 2.20. The highest BCUT2D eigenvalue weighted by Crippen LogP contribution is 2.09. The summed E-state index contributed by atoms with van der Waals surface area (Å²) in [7, 11) is 0. The highest BCUT2D eigenvalue weighted by molar-refractivity contribution is 5.75. The van der Waals surface area contributed by atoms with Crippen molar-refractivity contribution in [2.24, 2.45) is 11.7 Å². The van der Waals surface area contributed by atoms with E-state index in [1.807, 2.05) is 20.8 Å². The number of hydrazine groups is 1. The summed E-state index contributed by atoms with van der Waals surface area (Å²) in [6.07, 6.45) is 3.55. The molecule has 24 heavy (non-hydrogen) atoms. The number of rotatable bonds is 11. The maximum atomic E-state index is 11.9. The fourth-order valence-corrected chi connectivity index (χ4v) is 2.18. The van der Waals surface area contributed by atoms with Gasteiger partial charge in [-0.1, -0.05) is 20.3 Å².